The molecule has 0 aliphatic carbocycles. The first-order valence-electron chi connectivity index (χ1n) is 9.65. The minimum atomic E-state index is -0.261. The molecule has 2 heterocycles. The first-order chi connectivity index (χ1) is 14.1. The van der Waals surface area contributed by atoms with Gasteiger partial charge in [0.05, 0.1) is 23.3 Å². The molecule has 1 amide bonds. The smallest absolute Gasteiger partial charge is 0.273 e. The van der Waals surface area contributed by atoms with Gasteiger partial charge in [-0.05, 0) is 43.3 Å². The van der Waals surface area contributed by atoms with Crippen LogP contribution in [0.25, 0.3) is 22.3 Å². The summed E-state index contributed by atoms with van der Waals surface area (Å²) in [5.41, 5.74) is 4.46. The fourth-order valence-electron chi connectivity index (χ4n) is 3.38. The summed E-state index contributed by atoms with van der Waals surface area (Å²) in [5, 5.41) is 10.0. The number of benzene rings is 2. The highest BCUT2D eigenvalue weighted by atomic mass is 16.5. The minimum absolute atomic E-state index is 0.261. The third-order valence-electron chi connectivity index (χ3n) is 4.83. The number of rotatable bonds is 6. The van der Waals surface area contributed by atoms with Crippen LogP contribution < -0.4 is 10.1 Å². The molecule has 29 heavy (non-hydrogen) atoms. The van der Waals surface area contributed by atoms with Crippen molar-refractivity contribution in [2.45, 2.75) is 20.3 Å². The van der Waals surface area contributed by atoms with Gasteiger partial charge >= 0.3 is 0 Å². The molecule has 0 saturated carbocycles. The molecule has 4 aromatic rings. The fraction of sp³-hybridized carbons (Fsp3) is 0.227. The van der Waals surface area contributed by atoms with Crippen LogP contribution in [0.15, 0.2) is 48.5 Å². The molecule has 0 saturated heterocycles. The van der Waals surface area contributed by atoms with E-state index < -0.39 is 0 Å². The molecular formula is C22H23N5O2. The normalized spacial score (nSPS) is 11.0. The number of carbonyl (C=O) groups excluding carboxylic acids is 1. The number of H-pyrrole nitrogens is 1. The molecule has 2 aromatic carbocycles. The van der Waals surface area contributed by atoms with E-state index in [4.69, 9.17) is 4.74 Å². The number of aryl methyl sites for hydroxylation is 2. The number of aromatic nitrogens is 4. The zero-order valence-electron chi connectivity index (χ0n) is 16.7. The first-order valence-corrected chi connectivity index (χ1v) is 9.65. The van der Waals surface area contributed by atoms with Gasteiger partial charge in [0, 0.05) is 24.7 Å². The lowest BCUT2D eigenvalue weighted by atomic mass is 10.1. The molecule has 2 aromatic heterocycles. The number of carbonyl (C=O) groups is 1. The van der Waals surface area contributed by atoms with Crippen molar-refractivity contribution in [1.29, 1.82) is 0 Å². The van der Waals surface area contributed by atoms with Gasteiger partial charge in [0.15, 0.2) is 0 Å². The second-order valence-electron chi connectivity index (χ2n) is 6.69. The first kappa shape index (κ1) is 18.7. The Kier molecular flexibility index (Phi) is 5.03. The summed E-state index contributed by atoms with van der Waals surface area (Å²) in [7, 11) is 2.00. The maximum atomic E-state index is 12.7. The van der Waals surface area contributed by atoms with E-state index in [0.717, 1.165) is 34.6 Å². The number of ether oxygens (including phenoxy) is 1. The zero-order chi connectivity index (χ0) is 20.4. The van der Waals surface area contributed by atoms with Crippen molar-refractivity contribution in [2.75, 3.05) is 11.9 Å². The highest BCUT2D eigenvalue weighted by Crippen LogP contribution is 2.29. The molecule has 0 atom stereocenters. The van der Waals surface area contributed by atoms with Crippen LogP contribution in [0, 0.1) is 0 Å². The predicted octanol–water partition coefficient (Wildman–Crippen LogP) is 4.18. The number of imidazole rings is 1. The summed E-state index contributed by atoms with van der Waals surface area (Å²) < 4.78 is 7.72. The van der Waals surface area contributed by atoms with Crippen molar-refractivity contribution in [3.05, 3.63) is 60.0 Å². The Morgan fingerprint density at radius 1 is 1.17 bits per heavy atom. The highest BCUT2D eigenvalue weighted by molar-refractivity contribution is 6.04. The van der Waals surface area contributed by atoms with Gasteiger partial charge in [-0.15, -0.1) is 0 Å². The van der Waals surface area contributed by atoms with Crippen LogP contribution in [0.4, 0.5) is 5.69 Å². The van der Waals surface area contributed by atoms with Gasteiger partial charge < -0.3 is 14.6 Å². The number of nitrogens with one attached hydrogen (secondary N) is 2. The number of nitrogens with zero attached hydrogens (tertiary/aromatic N) is 3. The van der Waals surface area contributed by atoms with Gasteiger partial charge in [-0.1, -0.05) is 19.1 Å². The van der Waals surface area contributed by atoms with Crippen LogP contribution in [0.3, 0.4) is 0 Å². The minimum Gasteiger partial charge on any atom is -0.493 e. The molecule has 7 nitrogen and oxygen atoms in total. The molecule has 148 valence electrons. The van der Waals surface area contributed by atoms with E-state index in [-0.39, 0.29) is 5.91 Å². The third-order valence-corrected chi connectivity index (χ3v) is 4.83. The lowest BCUT2D eigenvalue weighted by Gasteiger charge is -2.07. The van der Waals surface area contributed by atoms with Gasteiger partial charge in [0.1, 0.15) is 17.3 Å². The average Bonchev–Trinajstić information content (AvgIpc) is 3.34. The summed E-state index contributed by atoms with van der Waals surface area (Å²) in [4.78, 5) is 17.3. The molecule has 0 radical (unpaired) electrons. The Balaban J connectivity index is 1.56. The molecular weight excluding hydrogens is 366 g/mol. The molecule has 0 unspecified atom stereocenters. The quantitative estimate of drug-likeness (QED) is 0.518. The van der Waals surface area contributed by atoms with Crippen molar-refractivity contribution >= 4 is 22.6 Å². The van der Waals surface area contributed by atoms with Crippen molar-refractivity contribution in [1.82, 2.24) is 19.7 Å². The fourth-order valence-corrected chi connectivity index (χ4v) is 3.38. The van der Waals surface area contributed by atoms with Crippen molar-refractivity contribution < 1.29 is 9.53 Å². The van der Waals surface area contributed by atoms with Crippen LogP contribution in [0.1, 0.15) is 30.2 Å². The highest BCUT2D eigenvalue weighted by Gasteiger charge is 2.15. The van der Waals surface area contributed by atoms with E-state index in [9.17, 15) is 4.79 Å². The molecule has 0 fully saturated rings. The maximum absolute atomic E-state index is 12.7. The standard InChI is InChI=1S/C22H23N5O2/c1-4-21-24-17-12-14(10-11-19(17)27(21)3)23-22(28)18-13-16(25-26-18)15-8-6-7-9-20(15)29-5-2/h6-13H,4-5H2,1-3H3,(H,23,28)(H,25,26). The van der Waals surface area contributed by atoms with Gasteiger partial charge in [-0.25, -0.2) is 4.98 Å². The van der Waals surface area contributed by atoms with Crippen LogP contribution >= 0.6 is 0 Å². The number of fused-ring (bicyclic) bond motifs is 1. The lowest BCUT2D eigenvalue weighted by Crippen LogP contribution is -2.12. The third kappa shape index (κ3) is 3.59. The van der Waals surface area contributed by atoms with E-state index in [0.29, 0.717) is 23.7 Å². The van der Waals surface area contributed by atoms with E-state index in [1.807, 2.05) is 56.4 Å². The number of anilines is 1. The Labute approximate surface area is 168 Å². The lowest BCUT2D eigenvalue weighted by molar-refractivity contribution is 0.102. The van der Waals surface area contributed by atoms with E-state index in [1.54, 1.807) is 6.07 Å². The summed E-state index contributed by atoms with van der Waals surface area (Å²) in [6.07, 6.45) is 0.854. The second kappa shape index (κ2) is 7.79. The monoisotopic (exact) mass is 389 g/mol. The molecule has 0 bridgehead atoms. The molecule has 4 rings (SSSR count). The molecule has 0 aliphatic rings. The van der Waals surface area contributed by atoms with Crippen molar-refractivity contribution in [3.63, 3.8) is 0 Å². The van der Waals surface area contributed by atoms with E-state index in [2.05, 4.69) is 32.0 Å². The molecule has 2 N–H and O–H groups in total. The van der Waals surface area contributed by atoms with Gasteiger partial charge in [0.2, 0.25) is 0 Å². The topological polar surface area (TPSA) is 84.8 Å². The number of amides is 1. The van der Waals surface area contributed by atoms with Crippen LogP contribution in [-0.4, -0.2) is 32.3 Å². The van der Waals surface area contributed by atoms with Gasteiger partial charge in [0.25, 0.3) is 5.91 Å². The molecule has 7 heteroatoms. The predicted molar refractivity (Wildman–Crippen MR) is 113 cm³/mol. The van der Waals surface area contributed by atoms with Gasteiger partial charge in [-0.2, -0.15) is 5.10 Å². The number of aromatic amines is 1. The van der Waals surface area contributed by atoms with E-state index >= 15 is 0 Å². The number of hydrogen-bond acceptors (Lipinski definition) is 4. The number of para-hydroxylation sites is 1. The Morgan fingerprint density at radius 2 is 2.00 bits per heavy atom. The van der Waals surface area contributed by atoms with E-state index in [1.165, 1.54) is 0 Å². The Hall–Kier alpha value is -3.61. The Bertz CT molecular complexity index is 1180. The second-order valence-corrected chi connectivity index (χ2v) is 6.69. The van der Waals surface area contributed by atoms with Crippen molar-refractivity contribution in [3.8, 4) is 17.0 Å². The van der Waals surface area contributed by atoms with Gasteiger partial charge in [-0.3, -0.25) is 9.89 Å². The van der Waals surface area contributed by atoms with Crippen LogP contribution in [-0.2, 0) is 13.5 Å². The summed E-state index contributed by atoms with van der Waals surface area (Å²) in [6.45, 7) is 4.57. The van der Waals surface area contributed by atoms with Crippen LogP contribution in [0.5, 0.6) is 5.75 Å². The summed E-state index contributed by atoms with van der Waals surface area (Å²) in [5.74, 6) is 1.49. The largest absolute Gasteiger partial charge is 0.493 e. The number of hydrogen-bond donors (Lipinski definition) is 2. The summed E-state index contributed by atoms with van der Waals surface area (Å²) in [6, 6.07) is 15.1. The SMILES string of the molecule is CCOc1ccccc1-c1cc(C(=O)Nc2ccc3c(c2)nc(CC)n3C)[nH]n1. The Morgan fingerprint density at radius 3 is 2.79 bits per heavy atom. The zero-order valence-corrected chi connectivity index (χ0v) is 16.7. The maximum Gasteiger partial charge on any atom is 0.273 e. The average molecular weight is 389 g/mol. The molecule has 0 spiro atoms. The molecule has 0 aliphatic heterocycles. The van der Waals surface area contributed by atoms with Crippen LogP contribution in [0.2, 0.25) is 0 Å². The van der Waals surface area contributed by atoms with Crippen molar-refractivity contribution in [2.24, 2.45) is 7.05 Å². The summed E-state index contributed by atoms with van der Waals surface area (Å²) >= 11 is 0.